The zero-order valence-corrected chi connectivity index (χ0v) is 32.6. The number of hydrogen-bond donors (Lipinski definition) is 2. The van der Waals surface area contributed by atoms with Crippen LogP contribution < -0.4 is 10.0 Å². The van der Waals surface area contributed by atoms with E-state index < -0.39 is 81.1 Å². The Bertz CT molecular complexity index is 2680. The molecule has 3 aromatic heterocycles. The topological polar surface area (TPSA) is 124 Å². The highest BCUT2D eigenvalue weighted by Gasteiger charge is 2.70. The highest BCUT2D eigenvalue weighted by atomic mass is 35.5. The molecule has 2 N–H and O–H groups in total. The summed E-state index contributed by atoms with van der Waals surface area (Å²) in [5.41, 5.74) is -0.922. The lowest BCUT2D eigenvalue weighted by Crippen LogP contribution is -2.35. The van der Waals surface area contributed by atoms with Crippen LogP contribution in [0.25, 0.3) is 22.0 Å². The number of rotatable bonds is 10. The SMILES string of the molecule is C=C1[C@@H]2c3c(C(F)F)nn(CC(=O)N[C@@H](Cc4cc(F)cc(F)c4)c4nc(C#CC(C)(C)C)ccc4-c4ccc(Cl)c5c(NS(C)(=O)=O)nn(C)c45)c3C(F)(F)[C@H]12. The normalized spacial score (nSPS) is 17.6. The fourth-order valence-electron chi connectivity index (χ4n) is 7.37. The second-order valence-electron chi connectivity index (χ2n) is 15.2. The third kappa shape index (κ3) is 7.60. The average molecular weight is 830 g/mol. The molecule has 1 fully saturated rings. The minimum Gasteiger partial charge on any atom is -0.346 e. The molecule has 0 bridgehead atoms. The van der Waals surface area contributed by atoms with Gasteiger partial charge in [0.25, 0.3) is 12.3 Å². The standard InChI is InChI=1S/C39H34ClF6N7O3S/c1-18-28-30-33(36(43)44)49-53(35(30)39(45,46)31(18)28)17-27(54)48-26(15-19-13-20(41)16-21(42)14-19)32-23(8-7-22(47-32)11-12-38(2,3)4)24-9-10-25(40)29-34(24)52(5)50-37(29)51-57(6,55)56/h7-10,13-14,16,26,28,31,36H,1,15,17H2,2-6H3,(H,48,54)(H,50,51)/t26-,28+,31+/m0/s1. The molecule has 298 valence electrons. The quantitative estimate of drug-likeness (QED) is 0.0838. The van der Waals surface area contributed by atoms with Gasteiger partial charge in [-0.3, -0.25) is 18.9 Å². The van der Waals surface area contributed by atoms with E-state index >= 15 is 8.78 Å². The molecule has 1 saturated carbocycles. The molecule has 0 spiro atoms. The maximum absolute atomic E-state index is 15.6. The smallest absolute Gasteiger partial charge is 0.297 e. The van der Waals surface area contributed by atoms with Crippen LogP contribution in [0.5, 0.6) is 0 Å². The summed E-state index contributed by atoms with van der Waals surface area (Å²) in [6.07, 6.45) is -2.57. The summed E-state index contributed by atoms with van der Waals surface area (Å²) in [5, 5.41) is 11.2. The largest absolute Gasteiger partial charge is 0.346 e. The monoisotopic (exact) mass is 829 g/mol. The summed E-state index contributed by atoms with van der Waals surface area (Å²) < 4.78 is 117. The number of nitrogens with zero attached hydrogens (tertiary/aromatic N) is 5. The molecular weight excluding hydrogens is 796 g/mol. The van der Waals surface area contributed by atoms with Crippen LogP contribution in [0.3, 0.4) is 0 Å². The van der Waals surface area contributed by atoms with E-state index in [2.05, 4.69) is 38.7 Å². The summed E-state index contributed by atoms with van der Waals surface area (Å²) >= 11 is 6.60. The van der Waals surface area contributed by atoms with Crippen LogP contribution in [0.15, 0.2) is 54.6 Å². The Morgan fingerprint density at radius 2 is 1.72 bits per heavy atom. The Morgan fingerprint density at radius 3 is 2.35 bits per heavy atom. The average Bonchev–Trinajstić information content (AvgIpc) is 3.31. The van der Waals surface area contributed by atoms with Crippen LogP contribution in [0, 0.1) is 34.8 Å². The van der Waals surface area contributed by atoms with Crippen LogP contribution in [0.2, 0.25) is 5.02 Å². The first-order valence-corrected chi connectivity index (χ1v) is 19.7. The number of alkyl halides is 4. The van der Waals surface area contributed by atoms with Crippen LogP contribution in [0.1, 0.15) is 73.1 Å². The summed E-state index contributed by atoms with van der Waals surface area (Å²) in [6.45, 7) is 8.31. The number of aryl methyl sites for hydroxylation is 1. The van der Waals surface area contributed by atoms with E-state index in [-0.39, 0.29) is 50.7 Å². The molecule has 2 aromatic carbocycles. The molecule has 5 aromatic rings. The number of carbonyl (C=O) groups is 1. The number of benzene rings is 2. The van der Waals surface area contributed by atoms with Crippen molar-refractivity contribution >= 4 is 44.3 Å². The van der Waals surface area contributed by atoms with Gasteiger partial charge < -0.3 is 5.32 Å². The van der Waals surface area contributed by atoms with Crippen molar-refractivity contribution in [2.45, 2.75) is 58.0 Å². The van der Waals surface area contributed by atoms with Crippen molar-refractivity contribution in [2.24, 2.45) is 18.4 Å². The van der Waals surface area contributed by atoms with Crippen molar-refractivity contribution in [3.63, 3.8) is 0 Å². The number of aromatic nitrogens is 5. The molecule has 0 aliphatic heterocycles. The molecule has 0 unspecified atom stereocenters. The van der Waals surface area contributed by atoms with Crippen molar-refractivity contribution in [3.05, 3.63) is 105 Å². The second-order valence-corrected chi connectivity index (χ2v) is 17.3. The second kappa shape index (κ2) is 13.9. The Labute approximate surface area is 328 Å². The summed E-state index contributed by atoms with van der Waals surface area (Å²) in [6, 6.07) is 7.83. The van der Waals surface area contributed by atoms with Gasteiger partial charge in [0, 0.05) is 41.1 Å². The van der Waals surface area contributed by atoms with Gasteiger partial charge in [-0.25, -0.2) is 31.0 Å². The first-order valence-electron chi connectivity index (χ1n) is 17.4. The number of pyridine rings is 1. The number of fused-ring (bicyclic) bond motifs is 4. The number of halogens is 7. The molecule has 3 heterocycles. The highest BCUT2D eigenvalue weighted by Crippen LogP contribution is 2.71. The zero-order valence-electron chi connectivity index (χ0n) is 31.0. The maximum Gasteiger partial charge on any atom is 0.297 e. The summed E-state index contributed by atoms with van der Waals surface area (Å²) in [7, 11) is -2.27. The number of sulfonamides is 1. The number of allylic oxidation sites excluding steroid dienone is 1. The summed E-state index contributed by atoms with van der Waals surface area (Å²) in [5.74, 6) is -2.78. The van der Waals surface area contributed by atoms with E-state index in [9.17, 15) is 30.8 Å². The molecular formula is C39H34ClF6N7O3S. The van der Waals surface area contributed by atoms with E-state index in [0.717, 1.165) is 18.4 Å². The summed E-state index contributed by atoms with van der Waals surface area (Å²) in [4.78, 5) is 18.8. The van der Waals surface area contributed by atoms with E-state index in [1.165, 1.54) is 10.7 Å². The van der Waals surface area contributed by atoms with Crippen molar-refractivity contribution < 1.29 is 39.6 Å². The third-order valence-corrected chi connectivity index (χ3v) is 10.5. The molecule has 3 atom stereocenters. The fraction of sp³-hybridized carbons (Fsp3) is 0.333. The van der Waals surface area contributed by atoms with Gasteiger partial charge in [0.1, 0.15) is 35.3 Å². The third-order valence-electron chi connectivity index (χ3n) is 9.59. The van der Waals surface area contributed by atoms with Crippen molar-refractivity contribution in [2.75, 3.05) is 11.0 Å². The molecule has 18 heteroatoms. The fourth-order valence-corrected chi connectivity index (χ4v) is 8.11. The van der Waals surface area contributed by atoms with Gasteiger partial charge in [0.15, 0.2) is 5.82 Å². The van der Waals surface area contributed by atoms with Gasteiger partial charge in [0.05, 0.1) is 39.8 Å². The number of nitrogens with one attached hydrogen (secondary N) is 2. The molecule has 10 nitrogen and oxygen atoms in total. The van der Waals surface area contributed by atoms with Gasteiger partial charge in [-0.1, -0.05) is 35.7 Å². The molecule has 0 radical (unpaired) electrons. The van der Waals surface area contributed by atoms with Crippen molar-refractivity contribution in [1.29, 1.82) is 0 Å². The number of anilines is 1. The molecule has 57 heavy (non-hydrogen) atoms. The number of carbonyl (C=O) groups excluding carboxylic acids is 1. The molecule has 2 aliphatic rings. The van der Waals surface area contributed by atoms with Gasteiger partial charge in [-0.15, -0.1) is 0 Å². The van der Waals surface area contributed by atoms with Crippen LogP contribution in [-0.4, -0.2) is 45.1 Å². The molecule has 1 amide bonds. The van der Waals surface area contributed by atoms with Crippen molar-refractivity contribution in [1.82, 2.24) is 29.9 Å². The lowest BCUT2D eigenvalue weighted by Gasteiger charge is -2.23. The van der Waals surface area contributed by atoms with E-state index in [1.54, 1.807) is 25.2 Å². The van der Waals surface area contributed by atoms with E-state index in [1.807, 2.05) is 20.8 Å². The van der Waals surface area contributed by atoms with E-state index in [4.69, 9.17) is 16.6 Å². The predicted molar refractivity (Wildman–Crippen MR) is 201 cm³/mol. The Kier molecular flexibility index (Phi) is 9.75. The Hall–Kier alpha value is -5.34. The lowest BCUT2D eigenvalue weighted by molar-refractivity contribution is -0.122. The highest BCUT2D eigenvalue weighted by molar-refractivity contribution is 7.92. The lowest BCUT2D eigenvalue weighted by atomic mass is 9.93. The van der Waals surface area contributed by atoms with Crippen LogP contribution >= 0.6 is 11.6 Å². The molecule has 2 aliphatic carbocycles. The Balaban J connectivity index is 1.39. The first kappa shape index (κ1) is 39.9. The Morgan fingerprint density at radius 1 is 1.05 bits per heavy atom. The van der Waals surface area contributed by atoms with E-state index in [0.29, 0.717) is 27.4 Å². The molecule has 0 saturated heterocycles. The first-order chi connectivity index (χ1) is 26.5. The minimum atomic E-state index is -3.81. The zero-order chi connectivity index (χ0) is 41.5. The predicted octanol–water partition coefficient (Wildman–Crippen LogP) is 7.95. The molecule has 7 rings (SSSR count). The van der Waals surface area contributed by atoms with Crippen LogP contribution in [0.4, 0.5) is 32.2 Å². The number of amides is 1. The van der Waals surface area contributed by atoms with Crippen LogP contribution in [-0.2, 0) is 40.8 Å². The number of hydrogen-bond acceptors (Lipinski definition) is 6. The minimum absolute atomic E-state index is 0.0722. The maximum atomic E-state index is 15.6. The van der Waals surface area contributed by atoms with Gasteiger partial charge in [-0.2, -0.15) is 19.0 Å². The van der Waals surface area contributed by atoms with Crippen molar-refractivity contribution in [3.8, 4) is 23.0 Å². The van der Waals surface area contributed by atoms with Gasteiger partial charge >= 0.3 is 0 Å². The van der Waals surface area contributed by atoms with Gasteiger partial charge in [0.2, 0.25) is 15.9 Å². The van der Waals surface area contributed by atoms with Gasteiger partial charge in [-0.05, 0) is 69.0 Å².